The molecule has 0 amide bonds. The highest BCUT2D eigenvalue weighted by Crippen LogP contribution is 2.30. The first-order chi connectivity index (χ1) is 17.9. The number of halogens is 3. The smallest absolute Gasteiger partial charge is 0.276 e. The molecule has 4 rings (SSSR count). The molecule has 14 heteroatoms. The maximum Gasteiger partial charge on any atom is 0.416 e. The van der Waals surface area contributed by atoms with Gasteiger partial charge in [-0.3, -0.25) is 18.6 Å². The largest absolute Gasteiger partial charge is 0.416 e. The number of rotatable bonds is 9. The third-order valence-corrected chi connectivity index (χ3v) is 7.81. The minimum Gasteiger partial charge on any atom is -0.276 e. The van der Waals surface area contributed by atoms with Crippen molar-refractivity contribution in [2.45, 2.75) is 59.4 Å². The van der Waals surface area contributed by atoms with Crippen molar-refractivity contribution >= 4 is 21.2 Å². The zero-order valence-electron chi connectivity index (χ0n) is 21.1. The van der Waals surface area contributed by atoms with Gasteiger partial charge in [0.25, 0.3) is 5.56 Å². The highest BCUT2D eigenvalue weighted by molar-refractivity contribution is 7.90. The molecule has 0 aliphatic rings. The quantitative estimate of drug-likeness (QED) is 0.315. The molecule has 0 unspecified atom stereocenters. The predicted octanol–water partition coefficient (Wildman–Crippen LogP) is 3.31. The summed E-state index contributed by atoms with van der Waals surface area (Å²) >= 11 is 0. The molecule has 204 valence electrons. The molecule has 0 fully saturated rings. The van der Waals surface area contributed by atoms with E-state index in [1.807, 2.05) is 0 Å². The van der Waals surface area contributed by atoms with Crippen LogP contribution in [0.4, 0.5) is 13.2 Å². The third kappa shape index (κ3) is 4.91. The molecule has 3 aromatic heterocycles. The summed E-state index contributed by atoms with van der Waals surface area (Å²) in [6, 6.07) is 4.80. The van der Waals surface area contributed by atoms with E-state index in [0.717, 1.165) is 20.7 Å². The van der Waals surface area contributed by atoms with Gasteiger partial charge in [0.1, 0.15) is 0 Å². The standard InChI is InChI=1S/C24H27F3N6O4S/c1-4-10-32-22(34)19-21(31(6-3)23(32)35)29-20(33(19)38(36,37)11-5-2)17-13-28-30(15-17)14-16-8-7-9-18(12-16)24(25,26)27/h7-9,12-13,15H,4-6,10-11,14H2,1-3H3. The van der Waals surface area contributed by atoms with Crippen LogP contribution in [-0.2, 0) is 35.8 Å². The van der Waals surface area contributed by atoms with Crippen molar-refractivity contribution in [2.75, 3.05) is 5.75 Å². The molecule has 0 atom stereocenters. The normalized spacial score (nSPS) is 12.5. The Labute approximate surface area is 216 Å². The number of nitrogens with zero attached hydrogens (tertiary/aromatic N) is 6. The Morgan fingerprint density at radius 2 is 1.76 bits per heavy atom. The molecule has 10 nitrogen and oxygen atoms in total. The number of aryl methyl sites for hydroxylation is 1. The number of alkyl halides is 3. The van der Waals surface area contributed by atoms with Crippen LogP contribution in [0.5, 0.6) is 0 Å². The van der Waals surface area contributed by atoms with Crippen LogP contribution in [0.1, 0.15) is 44.7 Å². The molecule has 0 spiro atoms. The molecule has 0 N–H and O–H groups in total. The van der Waals surface area contributed by atoms with Crippen LogP contribution < -0.4 is 11.2 Å². The van der Waals surface area contributed by atoms with Gasteiger partial charge >= 0.3 is 11.9 Å². The fourth-order valence-electron chi connectivity index (χ4n) is 4.32. The summed E-state index contributed by atoms with van der Waals surface area (Å²) in [6.07, 6.45) is -0.976. The molecule has 1 aromatic carbocycles. The summed E-state index contributed by atoms with van der Waals surface area (Å²) in [6.45, 7) is 5.40. The SMILES string of the molecule is CCCn1c(=O)c2c(nc(-c3cnn(Cc4cccc(C(F)(F)F)c4)c3)n2S(=O)(=O)CCC)n(CC)c1=O. The van der Waals surface area contributed by atoms with Crippen LogP contribution in [-0.4, -0.2) is 42.0 Å². The van der Waals surface area contributed by atoms with Crippen molar-refractivity contribution in [1.29, 1.82) is 0 Å². The van der Waals surface area contributed by atoms with Gasteiger partial charge in [-0.1, -0.05) is 26.0 Å². The van der Waals surface area contributed by atoms with Gasteiger partial charge in [0.2, 0.25) is 10.0 Å². The minimum atomic E-state index is -4.50. The third-order valence-electron chi connectivity index (χ3n) is 5.98. The second-order valence-corrected chi connectivity index (χ2v) is 10.7. The lowest BCUT2D eigenvalue weighted by atomic mass is 10.1. The molecule has 38 heavy (non-hydrogen) atoms. The summed E-state index contributed by atoms with van der Waals surface area (Å²) in [5.74, 6) is -0.376. The molecular formula is C24H27F3N6O4S. The van der Waals surface area contributed by atoms with Gasteiger partial charge in [-0.05, 0) is 37.5 Å². The van der Waals surface area contributed by atoms with Crippen LogP contribution in [0.3, 0.4) is 0 Å². The van der Waals surface area contributed by atoms with Gasteiger partial charge in [-0.25, -0.2) is 22.2 Å². The maximum absolute atomic E-state index is 13.4. The summed E-state index contributed by atoms with van der Waals surface area (Å²) in [5, 5.41) is 4.18. The van der Waals surface area contributed by atoms with E-state index in [2.05, 4.69) is 10.1 Å². The second-order valence-electron chi connectivity index (χ2n) is 8.80. The van der Waals surface area contributed by atoms with E-state index in [9.17, 15) is 31.2 Å². The molecular weight excluding hydrogens is 525 g/mol. The molecule has 0 aliphatic heterocycles. The second kappa shape index (κ2) is 10.2. The molecule has 4 aromatic rings. The Balaban J connectivity index is 1.92. The first kappa shape index (κ1) is 27.4. The summed E-state index contributed by atoms with van der Waals surface area (Å²) in [4.78, 5) is 30.8. The first-order valence-electron chi connectivity index (χ1n) is 12.1. The Kier molecular flexibility index (Phi) is 7.37. The van der Waals surface area contributed by atoms with Crippen LogP contribution in [0.2, 0.25) is 0 Å². The number of hydrogen-bond donors (Lipinski definition) is 0. The Hall–Kier alpha value is -3.68. The highest BCUT2D eigenvalue weighted by atomic mass is 32.2. The average molecular weight is 553 g/mol. The zero-order chi connectivity index (χ0) is 27.8. The fraction of sp³-hybridized carbons (Fsp3) is 0.417. The van der Waals surface area contributed by atoms with Gasteiger partial charge in [-0.15, -0.1) is 0 Å². The van der Waals surface area contributed by atoms with Crippen molar-refractivity contribution in [1.82, 2.24) is 27.9 Å². The van der Waals surface area contributed by atoms with Gasteiger partial charge < -0.3 is 0 Å². The number of hydrogen-bond acceptors (Lipinski definition) is 6. The van der Waals surface area contributed by atoms with Gasteiger partial charge in [-0.2, -0.15) is 18.3 Å². The fourth-order valence-corrected chi connectivity index (χ4v) is 5.87. The van der Waals surface area contributed by atoms with Crippen LogP contribution in [0.15, 0.2) is 46.2 Å². The van der Waals surface area contributed by atoms with Gasteiger partial charge in [0.05, 0.1) is 29.6 Å². The Bertz CT molecular complexity index is 1710. The van der Waals surface area contributed by atoms with Crippen molar-refractivity contribution in [3.05, 3.63) is 68.6 Å². The van der Waals surface area contributed by atoms with E-state index in [0.29, 0.717) is 12.0 Å². The lowest BCUT2D eigenvalue weighted by molar-refractivity contribution is -0.137. The number of fused-ring (bicyclic) bond motifs is 1. The molecule has 3 heterocycles. The number of aromatic nitrogens is 6. The van der Waals surface area contributed by atoms with E-state index >= 15 is 0 Å². The maximum atomic E-state index is 13.4. The topological polar surface area (TPSA) is 114 Å². The van der Waals surface area contributed by atoms with Crippen molar-refractivity contribution in [2.24, 2.45) is 0 Å². The summed E-state index contributed by atoms with van der Waals surface area (Å²) < 4.78 is 70.6. The minimum absolute atomic E-state index is 0.0190. The lowest BCUT2D eigenvalue weighted by Crippen LogP contribution is -2.40. The van der Waals surface area contributed by atoms with E-state index in [1.165, 1.54) is 33.8 Å². The van der Waals surface area contributed by atoms with Crippen molar-refractivity contribution in [3.63, 3.8) is 0 Å². The number of benzene rings is 1. The van der Waals surface area contributed by atoms with Gasteiger partial charge in [0.15, 0.2) is 17.0 Å². The molecule has 0 radical (unpaired) electrons. The van der Waals surface area contributed by atoms with E-state index in [4.69, 9.17) is 0 Å². The van der Waals surface area contributed by atoms with Gasteiger partial charge in [0, 0.05) is 19.3 Å². The van der Waals surface area contributed by atoms with Crippen molar-refractivity contribution in [3.8, 4) is 11.4 Å². The first-order valence-corrected chi connectivity index (χ1v) is 13.7. The summed E-state index contributed by atoms with van der Waals surface area (Å²) in [5.41, 5.74) is -1.87. The average Bonchev–Trinajstić information content (AvgIpc) is 3.47. The van der Waals surface area contributed by atoms with Crippen LogP contribution in [0.25, 0.3) is 22.6 Å². The van der Waals surface area contributed by atoms with E-state index in [1.54, 1.807) is 20.8 Å². The highest BCUT2D eigenvalue weighted by Gasteiger charge is 2.31. The van der Waals surface area contributed by atoms with Crippen LogP contribution >= 0.6 is 0 Å². The lowest BCUT2D eigenvalue weighted by Gasteiger charge is -2.11. The molecule has 0 bridgehead atoms. The number of imidazole rings is 1. The van der Waals surface area contributed by atoms with Crippen molar-refractivity contribution < 1.29 is 21.6 Å². The van der Waals surface area contributed by atoms with Crippen LogP contribution in [0, 0.1) is 0 Å². The van der Waals surface area contributed by atoms with E-state index < -0.39 is 33.0 Å². The zero-order valence-corrected chi connectivity index (χ0v) is 21.9. The monoisotopic (exact) mass is 552 g/mol. The molecule has 0 saturated carbocycles. The molecule has 0 saturated heterocycles. The molecule has 0 aliphatic carbocycles. The Morgan fingerprint density at radius 1 is 1.03 bits per heavy atom. The summed E-state index contributed by atoms with van der Waals surface area (Å²) in [7, 11) is -4.07. The predicted molar refractivity (Wildman–Crippen MR) is 135 cm³/mol. The van der Waals surface area contributed by atoms with E-state index in [-0.39, 0.29) is 54.4 Å². The Morgan fingerprint density at radius 3 is 2.39 bits per heavy atom.